The Kier molecular flexibility index (Phi) is 4.31. The van der Waals surface area contributed by atoms with Crippen molar-refractivity contribution in [3.63, 3.8) is 0 Å². The van der Waals surface area contributed by atoms with E-state index in [0.717, 1.165) is 0 Å². The lowest BCUT2D eigenvalue weighted by atomic mass is 9.96. The molecule has 124 valence electrons. The zero-order valence-electron chi connectivity index (χ0n) is 13.5. The Morgan fingerprint density at radius 2 is 2.04 bits per heavy atom. The molecule has 0 bridgehead atoms. The topological polar surface area (TPSA) is 94.3 Å². The molecular weight excluding hydrogens is 318 g/mol. The van der Waals surface area contributed by atoms with Crippen LogP contribution in [0.2, 0.25) is 0 Å². The molecule has 1 aliphatic rings. The smallest absolute Gasteiger partial charge is 0.294 e. The molecule has 1 atom stereocenters. The number of pyridine rings is 1. The molecule has 1 amide bonds. The highest BCUT2D eigenvalue weighted by Crippen LogP contribution is 2.40. The number of Topliss-reactive ketones (excluding diaryl/α,β-unsaturated/α-hetero) is 1. The van der Waals surface area contributed by atoms with Crippen LogP contribution in [0.4, 0.5) is 5.69 Å². The highest BCUT2D eigenvalue weighted by atomic mass is 16.3. The Hall–Kier alpha value is -3.46. The van der Waals surface area contributed by atoms with E-state index in [1.165, 1.54) is 4.90 Å². The van der Waals surface area contributed by atoms with E-state index < -0.39 is 17.7 Å². The second kappa shape index (κ2) is 6.57. The number of amides is 1. The van der Waals surface area contributed by atoms with Gasteiger partial charge in [0.25, 0.3) is 5.91 Å². The van der Waals surface area contributed by atoms with Crippen LogP contribution in [-0.4, -0.2) is 21.8 Å². The van der Waals surface area contributed by atoms with Crippen LogP contribution in [0.25, 0.3) is 0 Å². The van der Waals surface area contributed by atoms with Gasteiger partial charge in [-0.3, -0.25) is 19.5 Å². The molecule has 1 N–H and O–H groups in total. The summed E-state index contributed by atoms with van der Waals surface area (Å²) in [6.45, 7) is 1.68. The second-order valence-electron chi connectivity index (χ2n) is 5.56. The molecule has 3 rings (SSSR count). The lowest BCUT2D eigenvalue weighted by Gasteiger charge is -2.26. The number of ketones is 1. The van der Waals surface area contributed by atoms with Crippen LogP contribution in [-0.2, 0) is 9.59 Å². The summed E-state index contributed by atoms with van der Waals surface area (Å²) in [6, 6.07) is 11.1. The summed E-state index contributed by atoms with van der Waals surface area (Å²) in [7, 11) is 0. The Balaban J connectivity index is 2.15. The quantitative estimate of drug-likeness (QED) is 0.928. The van der Waals surface area contributed by atoms with Gasteiger partial charge < -0.3 is 5.11 Å². The maximum atomic E-state index is 12.7. The minimum atomic E-state index is -0.749. The molecule has 0 saturated heterocycles. The van der Waals surface area contributed by atoms with Crippen LogP contribution in [0, 0.1) is 11.3 Å². The number of hydrogen-bond acceptors (Lipinski definition) is 5. The van der Waals surface area contributed by atoms with Crippen molar-refractivity contribution in [2.24, 2.45) is 0 Å². The summed E-state index contributed by atoms with van der Waals surface area (Å²) < 4.78 is 0. The average Bonchev–Trinajstić information content (AvgIpc) is 2.93. The molecule has 6 heteroatoms. The summed E-state index contributed by atoms with van der Waals surface area (Å²) in [6.07, 6.45) is 3.33. The van der Waals surface area contributed by atoms with E-state index in [2.05, 4.69) is 4.98 Å². The molecule has 0 saturated carbocycles. The third-order valence-electron chi connectivity index (χ3n) is 4.10. The number of nitriles is 1. The van der Waals surface area contributed by atoms with Gasteiger partial charge in [-0.1, -0.05) is 13.0 Å². The van der Waals surface area contributed by atoms with Gasteiger partial charge in [0.2, 0.25) is 0 Å². The Bertz CT molecular complexity index is 896. The average molecular weight is 333 g/mol. The number of carbonyl (C=O) groups excluding carboxylic acids is 2. The van der Waals surface area contributed by atoms with Crippen molar-refractivity contribution in [2.75, 3.05) is 4.90 Å². The SMILES string of the molecule is CCC(=O)C1=C(O)C(=O)N(c2ccc(C#N)cc2)C1c1cccnc1. The maximum Gasteiger partial charge on any atom is 0.294 e. The van der Waals surface area contributed by atoms with Crippen LogP contribution in [0.1, 0.15) is 30.5 Å². The summed E-state index contributed by atoms with van der Waals surface area (Å²) >= 11 is 0. The van der Waals surface area contributed by atoms with Crippen molar-refractivity contribution in [1.29, 1.82) is 5.26 Å². The predicted molar refractivity (Wildman–Crippen MR) is 90.6 cm³/mol. The Morgan fingerprint density at radius 1 is 1.32 bits per heavy atom. The van der Waals surface area contributed by atoms with E-state index in [9.17, 15) is 14.7 Å². The zero-order chi connectivity index (χ0) is 18.0. The van der Waals surface area contributed by atoms with Crippen molar-refractivity contribution in [1.82, 2.24) is 4.98 Å². The monoisotopic (exact) mass is 333 g/mol. The van der Waals surface area contributed by atoms with Gasteiger partial charge in [-0.15, -0.1) is 0 Å². The lowest BCUT2D eigenvalue weighted by molar-refractivity contribution is -0.118. The van der Waals surface area contributed by atoms with Crippen molar-refractivity contribution in [3.8, 4) is 6.07 Å². The molecule has 2 aromatic rings. The van der Waals surface area contributed by atoms with E-state index in [1.807, 2.05) is 6.07 Å². The minimum Gasteiger partial charge on any atom is -0.503 e. The molecule has 0 aliphatic carbocycles. The highest BCUT2D eigenvalue weighted by molar-refractivity contribution is 6.16. The van der Waals surface area contributed by atoms with Gasteiger partial charge in [0.15, 0.2) is 11.5 Å². The van der Waals surface area contributed by atoms with Crippen molar-refractivity contribution in [2.45, 2.75) is 19.4 Å². The second-order valence-corrected chi connectivity index (χ2v) is 5.56. The van der Waals surface area contributed by atoms with E-state index >= 15 is 0 Å². The van der Waals surface area contributed by atoms with Gasteiger partial charge in [-0.2, -0.15) is 5.26 Å². The van der Waals surface area contributed by atoms with Gasteiger partial charge in [0.1, 0.15) is 0 Å². The molecule has 0 spiro atoms. The number of rotatable bonds is 4. The van der Waals surface area contributed by atoms with Gasteiger partial charge >= 0.3 is 0 Å². The summed E-state index contributed by atoms with van der Waals surface area (Å²) in [4.78, 5) is 30.4. The third kappa shape index (κ3) is 2.76. The van der Waals surface area contributed by atoms with E-state index in [-0.39, 0.29) is 17.8 Å². The molecule has 0 radical (unpaired) electrons. The van der Waals surface area contributed by atoms with E-state index in [4.69, 9.17) is 5.26 Å². The molecule has 1 aromatic carbocycles. The van der Waals surface area contributed by atoms with Crippen LogP contribution in [0.3, 0.4) is 0 Å². The van der Waals surface area contributed by atoms with Gasteiger partial charge in [-0.25, -0.2) is 0 Å². The number of hydrogen-bond donors (Lipinski definition) is 1. The first-order valence-corrected chi connectivity index (χ1v) is 7.78. The first-order chi connectivity index (χ1) is 12.1. The van der Waals surface area contributed by atoms with Gasteiger partial charge in [0, 0.05) is 24.5 Å². The highest BCUT2D eigenvalue weighted by Gasteiger charge is 2.43. The lowest BCUT2D eigenvalue weighted by Crippen LogP contribution is -2.31. The van der Waals surface area contributed by atoms with Crippen LogP contribution < -0.4 is 4.90 Å². The van der Waals surface area contributed by atoms with Crippen LogP contribution in [0.15, 0.2) is 60.1 Å². The van der Waals surface area contributed by atoms with Crippen molar-refractivity contribution >= 4 is 17.4 Å². The van der Waals surface area contributed by atoms with Crippen molar-refractivity contribution < 1.29 is 14.7 Å². The minimum absolute atomic E-state index is 0.0739. The number of benzene rings is 1. The van der Waals surface area contributed by atoms with Crippen molar-refractivity contribution in [3.05, 3.63) is 71.3 Å². The number of carbonyl (C=O) groups is 2. The molecule has 0 fully saturated rings. The fourth-order valence-electron chi connectivity index (χ4n) is 2.90. The molecule has 1 unspecified atom stereocenters. The van der Waals surface area contributed by atoms with Crippen LogP contribution in [0.5, 0.6) is 0 Å². The molecule has 6 nitrogen and oxygen atoms in total. The zero-order valence-corrected chi connectivity index (χ0v) is 13.5. The maximum absolute atomic E-state index is 12.7. The van der Waals surface area contributed by atoms with E-state index in [1.54, 1.807) is 55.7 Å². The Labute approximate surface area is 144 Å². The summed E-state index contributed by atoms with van der Waals surface area (Å²) in [5.74, 6) is -1.48. The molecule has 1 aromatic heterocycles. The largest absolute Gasteiger partial charge is 0.503 e. The summed E-state index contributed by atoms with van der Waals surface area (Å²) in [5.41, 5.74) is 1.64. The first-order valence-electron chi connectivity index (χ1n) is 7.78. The fraction of sp³-hybridized carbons (Fsp3) is 0.158. The molecule has 2 heterocycles. The number of nitrogens with zero attached hydrogens (tertiary/aromatic N) is 3. The van der Waals surface area contributed by atoms with Gasteiger partial charge in [-0.05, 0) is 35.9 Å². The normalized spacial score (nSPS) is 16.9. The fourth-order valence-corrected chi connectivity index (χ4v) is 2.90. The van der Waals surface area contributed by atoms with Gasteiger partial charge in [0.05, 0.1) is 23.2 Å². The number of aliphatic hydroxyl groups is 1. The molecule has 25 heavy (non-hydrogen) atoms. The van der Waals surface area contributed by atoms with E-state index in [0.29, 0.717) is 16.8 Å². The number of aromatic nitrogens is 1. The molecule has 1 aliphatic heterocycles. The number of anilines is 1. The van der Waals surface area contributed by atoms with Crippen LogP contribution >= 0.6 is 0 Å². The first kappa shape index (κ1) is 16.4. The molecular formula is C19H15N3O3. The summed E-state index contributed by atoms with van der Waals surface area (Å²) in [5, 5.41) is 19.3. The Morgan fingerprint density at radius 3 is 2.60 bits per heavy atom. The third-order valence-corrected chi connectivity index (χ3v) is 4.10. The standard InChI is InChI=1S/C19H15N3O3/c1-2-15(23)16-17(13-4-3-9-21-11-13)22(19(25)18(16)24)14-7-5-12(10-20)6-8-14/h3-9,11,17,24H,2H2,1H3. The number of aliphatic hydroxyl groups excluding tert-OH is 1. The predicted octanol–water partition coefficient (Wildman–Crippen LogP) is 2.83.